The molecule has 4 rings (SSSR count). The molecule has 3 aromatic rings. The number of nitrogens with zero attached hydrogens (tertiary/aromatic N) is 5. The summed E-state index contributed by atoms with van der Waals surface area (Å²) in [4.78, 5) is 34.3. The number of methoxy groups -OCH3 is 1. The molecule has 1 N–H and O–H groups in total. The third-order valence-corrected chi connectivity index (χ3v) is 7.70. The number of nitrogens with one attached hydrogen (secondary N) is 1. The van der Waals surface area contributed by atoms with Crippen LogP contribution in [0.25, 0.3) is 11.2 Å². The summed E-state index contributed by atoms with van der Waals surface area (Å²) in [5.74, 6) is 1.50. The second-order valence-electron chi connectivity index (χ2n) is 9.99. The molecule has 1 fully saturated rings. The zero-order chi connectivity index (χ0) is 26.5. The lowest BCUT2D eigenvalue weighted by Crippen LogP contribution is -2.42. The van der Waals surface area contributed by atoms with Gasteiger partial charge in [-0.3, -0.25) is 18.5 Å². The Morgan fingerprint density at radius 2 is 1.81 bits per heavy atom. The number of benzene rings is 1. The lowest BCUT2D eigenvalue weighted by molar-refractivity contribution is 0.288. The van der Waals surface area contributed by atoms with Gasteiger partial charge in [-0.25, -0.2) is 4.79 Å². The Hall–Kier alpha value is -3.01. The Morgan fingerprint density at radius 3 is 2.43 bits per heavy atom. The van der Waals surface area contributed by atoms with Gasteiger partial charge in [-0.1, -0.05) is 45.2 Å². The minimum absolute atomic E-state index is 0.281. The largest absolute Gasteiger partial charge is 0.497 e. The maximum Gasteiger partial charge on any atom is 0.332 e. The fraction of sp³-hybridized carbons (Fsp3) is 0.593. The summed E-state index contributed by atoms with van der Waals surface area (Å²) in [6.07, 6.45) is 5.79. The summed E-state index contributed by atoms with van der Waals surface area (Å²) in [5.41, 5.74) is 2.46. The first-order valence-electron chi connectivity index (χ1n) is 13.8. The fourth-order valence-corrected chi connectivity index (χ4v) is 5.47. The van der Waals surface area contributed by atoms with Crippen LogP contribution in [-0.2, 0) is 19.6 Å². The highest BCUT2D eigenvalue weighted by molar-refractivity contribution is 6.34. The molecule has 37 heavy (non-hydrogen) atoms. The topological polar surface area (TPSA) is 86.3 Å². The highest BCUT2D eigenvalue weighted by Crippen LogP contribution is 2.24. The van der Waals surface area contributed by atoms with Gasteiger partial charge >= 0.3 is 5.69 Å². The predicted molar refractivity (Wildman–Crippen MR) is 152 cm³/mol. The second kappa shape index (κ2) is 12.0. The van der Waals surface area contributed by atoms with Crippen LogP contribution in [0.3, 0.4) is 0 Å². The summed E-state index contributed by atoms with van der Waals surface area (Å²) in [6, 6.07) is 6.38. The van der Waals surface area contributed by atoms with E-state index in [1.165, 1.54) is 23.8 Å². The van der Waals surface area contributed by atoms with Crippen molar-refractivity contribution in [3.63, 3.8) is 0 Å². The SMILES string of the molecule is Bc1cc(Cn2c(NC3CCCCC3)nc3c2c(=O)n(CC)c(=O)n3CCN(CC)CC)ccc1OC. The molecular formula is C27H41BN6O3. The summed E-state index contributed by atoms with van der Waals surface area (Å²) in [6.45, 7) is 9.89. The van der Waals surface area contributed by atoms with Crippen LogP contribution in [-0.4, -0.2) is 64.2 Å². The molecule has 1 saturated carbocycles. The van der Waals surface area contributed by atoms with Gasteiger partial charge in [0.25, 0.3) is 5.56 Å². The molecule has 0 unspecified atom stereocenters. The standard InChI is InChI=1S/C27H41BN6O3/c1-5-31(6-2)15-16-33-24-23(25(35)32(7-3)27(33)36)34(18-19-13-14-22(37-4)21(28)17-19)26(30-24)29-20-11-9-8-10-12-20/h13-14,17,20H,5-12,15-16,18,28H2,1-4H3,(H,29,30). The summed E-state index contributed by atoms with van der Waals surface area (Å²) >= 11 is 0. The van der Waals surface area contributed by atoms with Crippen LogP contribution in [0.15, 0.2) is 27.8 Å². The molecule has 200 valence electrons. The number of fused-ring (bicyclic) bond motifs is 1. The van der Waals surface area contributed by atoms with E-state index in [2.05, 4.69) is 30.1 Å². The van der Waals surface area contributed by atoms with Crippen molar-refractivity contribution >= 4 is 30.4 Å². The fourth-order valence-electron chi connectivity index (χ4n) is 5.47. The molecule has 10 heteroatoms. The van der Waals surface area contributed by atoms with E-state index < -0.39 is 0 Å². The Bertz CT molecular complexity index is 1330. The van der Waals surface area contributed by atoms with Gasteiger partial charge < -0.3 is 15.0 Å². The third-order valence-electron chi connectivity index (χ3n) is 7.70. The number of hydrogen-bond acceptors (Lipinski definition) is 6. The van der Waals surface area contributed by atoms with Gasteiger partial charge in [0.05, 0.1) is 13.7 Å². The molecule has 1 aliphatic rings. The number of hydrogen-bond donors (Lipinski definition) is 1. The molecule has 0 saturated heterocycles. The van der Waals surface area contributed by atoms with Gasteiger partial charge in [-0.2, -0.15) is 4.98 Å². The van der Waals surface area contributed by atoms with Gasteiger partial charge in [0.15, 0.2) is 11.2 Å². The van der Waals surface area contributed by atoms with Crippen LogP contribution in [0.2, 0.25) is 0 Å². The Morgan fingerprint density at radius 1 is 1.08 bits per heavy atom. The first-order valence-corrected chi connectivity index (χ1v) is 13.8. The molecule has 0 bridgehead atoms. The van der Waals surface area contributed by atoms with E-state index in [9.17, 15) is 9.59 Å². The van der Waals surface area contributed by atoms with Crippen molar-refractivity contribution in [2.24, 2.45) is 0 Å². The normalized spacial score (nSPS) is 14.5. The van der Waals surface area contributed by atoms with Crippen molar-refractivity contribution in [1.82, 2.24) is 23.6 Å². The van der Waals surface area contributed by atoms with Gasteiger partial charge in [0.2, 0.25) is 5.95 Å². The van der Waals surface area contributed by atoms with Crippen molar-refractivity contribution in [2.75, 3.05) is 32.1 Å². The summed E-state index contributed by atoms with van der Waals surface area (Å²) in [5, 5.41) is 3.65. The first-order chi connectivity index (χ1) is 17.9. The van der Waals surface area contributed by atoms with Crippen molar-refractivity contribution in [3.8, 4) is 5.75 Å². The maximum atomic E-state index is 13.7. The van der Waals surface area contributed by atoms with Crippen LogP contribution in [0, 0.1) is 0 Å². The molecule has 1 aromatic carbocycles. The van der Waals surface area contributed by atoms with Crippen molar-refractivity contribution in [2.45, 2.75) is 78.6 Å². The number of likely N-dealkylation sites (N-methyl/N-ethyl adjacent to an activating group) is 1. The Kier molecular flexibility index (Phi) is 8.79. The second-order valence-corrected chi connectivity index (χ2v) is 9.99. The minimum atomic E-state index is -0.290. The minimum Gasteiger partial charge on any atom is -0.497 e. The average molecular weight is 508 g/mol. The van der Waals surface area contributed by atoms with Gasteiger partial charge in [-0.05, 0) is 49.9 Å². The zero-order valence-electron chi connectivity index (χ0n) is 23.0. The van der Waals surface area contributed by atoms with Crippen LogP contribution >= 0.6 is 0 Å². The van der Waals surface area contributed by atoms with Gasteiger partial charge in [0.1, 0.15) is 13.6 Å². The molecule has 9 nitrogen and oxygen atoms in total. The molecule has 0 spiro atoms. The van der Waals surface area contributed by atoms with E-state index in [0.717, 1.165) is 49.3 Å². The van der Waals surface area contributed by atoms with E-state index in [0.29, 0.717) is 42.8 Å². The van der Waals surface area contributed by atoms with Crippen molar-refractivity contribution in [3.05, 3.63) is 44.6 Å². The number of aromatic nitrogens is 4. The zero-order valence-corrected chi connectivity index (χ0v) is 23.0. The van der Waals surface area contributed by atoms with Crippen LogP contribution < -0.4 is 26.8 Å². The Labute approximate surface area is 219 Å². The highest BCUT2D eigenvalue weighted by Gasteiger charge is 2.24. The van der Waals surface area contributed by atoms with E-state index in [1.54, 1.807) is 11.7 Å². The van der Waals surface area contributed by atoms with Gasteiger partial charge in [0, 0.05) is 25.7 Å². The molecular weight excluding hydrogens is 467 g/mol. The molecule has 0 amide bonds. The molecule has 1 aliphatic carbocycles. The number of anilines is 1. The van der Waals surface area contributed by atoms with Crippen LogP contribution in [0.1, 0.15) is 58.4 Å². The van der Waals surface area contributed by atoms with E-state index in [-0.39, 0.29) is 11.2 Å². The van der Waals surface area contributed by atoms with Crippen molar-refractivity contribution in [1.29, 1.82) is 0 Å². The lowest BCUT2D eigenvalue weighted by atomic mass is 9.93. The maximum absolute atomic E-state index is 13.7. The molecule has 2 heterocycles. The third kappa shape index (κ3) is 5.64. The molecule has 2 aromatic heterocycles. The first kappa shape index (κ1) is 27.0. The quantitative estimate of drug-likeness (QED) is 0.398. The summed E-state index contributed by atoms with van der Waals surface area (Å²) in [7, 11) is 3.69. The number of rotatable bonds is 11. The average Bonchev–Trinajstić information content (AvgIpc) is 3.24. The van der Waals surface area contributed by atoms with E-state index >= 15 is 0 Å². The predicted octanol–water partition coefficient (Wildman–Crippen LogP) is 1.78. The smallest absolute Gasteiger partial charge is 0.332 e. The van der Waals surface area contributed by atoms with Crippen LogP contribution in [0.5, 0.6) is 5.75 Å². The Balaban J connectivity index is 1.88. The van der Waals surface area contributed by atoms with E-state index in [4.69, 9.17) is 9.72 Å². The number of ether oxygens (including phenoxy) is 1. The lowest BCUT2D eigenvalue weighted by Gasteiger charge is -2.23. The van der Waals surface area contributed by atoms with Gasteiger partial charge in [-0.15, -0.1) is 0 Å². The highest BCUT2D eigenvalue weighted by atomic mass is 16.5. The van der Waals surface area contributed by atoms with E-state index in [1.807, 2.05) is 31.5 Å². The summed E-state index contributed by atoms with van der Waals surface area (Å²) < 4.78 is 10.5. The molecule has 0 aliphatic heterocycles. The number of imidazole rings is 1. The monoisotopic (exact) mass is 508 g/mol. The van der Waals surface area contributed by atoms with Crippen LogP contribution in [0.4, 0.5) is 5.95 Å². The molecule has 0 radical (unpaired) electrons. The molecule has 0 atom stereocenters. The van der Waals surface area contributed by atoms with Crippen molar-refractivity contribution < 1.29 is 4.74 Å².